The maximum Gasteiger partial charge on any atom is 0.303 e. The minimum Gasteiger partial charge on any atom is -0.481 e. The lowest BCUT2D eigenvalue weighted by Gasteiger charge is -2.25. The molecule has 1 aromatic rings. The summed E-state index contributed by atoms with van der Waals surface area (Å²) in [5.41, 5.74) is 0.271. The van der Waals surface area contributed by atoms with Crippen LogP contribution < -0.4 is 5.32 Å². The molecule has 8 heteroatoms. The smallest absolute Gasteiger partial charge is 0.303 e. The highest BCUT2D eigenvalue weighted by Crippen LogP contribution is 2.26. The number of nitrogens with one attached hydrogen (secondary N) is 1. The molecule has 6 nitrogen and oxygen atoms in total. The van der Waals surface area contributed by atoms with Gasteiger partial charge in [-0.25, -0.2) is 0 Å². The molecule has 1 saturated heterocycles. The van der Waals surface area contributed by atoms with Crippen molar-refractivity contribution in [1.82, 2.24) is 10.2 Å². The van der Waals surface area contributed by atoms with E-state index >= 15 is 0 Å². The highest BCUT2D eigenvalue weighted by atomic mass is 35.5. The summed E-state index contributed by atoms with van der Waals surface area (Å²) >= 11 is 12.0. The average Bonchev–Trinajstić information content (AvgIpc) is 3.03. The van der Waals surface area contributed by atoms with Crippen molar-refractivity contribution in [2.75, 3.05) is 13.1 Å². The second-order valence-corrected chi connectivity index (χ2v) is 7.07. The predicted octanol–water partition coefficient (Wildman–Crippen LogP) is 2.83. The zero-order valence-electron chi connectivity index (χ0n) is 13.8. The molecule has 25 heavy (non-hydrogen) atoms. The topological polar surface area (TPSA) is 86.7 Å². The molecule has 0 aliphatic carbocycles. The minimum absolute atomic E-state index is 0.0221. The number of rotatable bonds is 6. The Morgan fingerprint density at radius 1 is 1.36 bits per heavy atom. The monoisotopic (exact) mass is 386 g/mol. The van der Waals surface area contributed by atoms with E-state index in [2.05, 4.69) is 5.32 Å². The molecule has 0 spiro atoms. The van der Waals surface area contributed by atoms with Gasteiger partial charge in [-0.1, -0.05) is 30.1 Å². The fourth-order valence-electron chi connectivity index (χ4n) is 2.86. The van der Waals surface area contributed by atoms with Crippen LogP contribution in [0.4, 0.5) is 0 Å². The van der Waals surface area contributed by atoms with E-state index in [4.69, 9.17) is 28.3 Å². The van der Waals surface area contributed by atoms with E-state index in [9.17, 15) is 14.4 Å². The fourth-order valence-corrected chi connectivity index (χ4v) is 3.23. The summed E-state index contributed by atoms with van der Waals surface area (Å²) < 4.78 is 0. The van der Waals surface area contributed by atoms with Gasteiger partial charge in [-0.2, -0.15) is 0 Å². The van der Waals surface area contributed by atoms with Crippen molar-refractivity contribution < 1.29 is 19.5 Å². The molecule has 0 radical (unpaired) electrons. The molecular formula is C17H20Cl2N2O4. The quantitative estimate of drug-likeness (QED) is 0.786. The summed E-state index contributed by atoms with van der Waals surface area (Å²) in [7, 11) is 0. The van der Waals surface area contributed by atoms with Crippen LogP contribution in [-0.2, 0) is 9.59 Å². The van der Waals surface area contributed by atoms with Crippen molar-refractivity contribution in [3.63, 3.8) is 0 Å². The second kappa shape index (κ2) is 8.54. The van der Waals surface area contributed by atoms with Crippen molar-refractivity contribution in [2.45, 2.75) is 32.2 Å². The van der Waals surface area contributed by atoms with Gasteiger partial charge in [-0.05, 0) is 37.0 Å². The van der Waals surface area contributed by atoms with Crippen molar-refractivity contribution in [3.8, 4) is 0 Å². The van der Waals surface area contributed by atoms with Gasteiger partial charge in [0.05, 0.1) is 10.6 Å². The molecule has 0 bridgehead atoms. The van der Waals surface area contributed by atoms with Gasteiger partial charge in [-0.3, -0.25) is 14.4 Å². The van der Waals surface area contributed by atoms with Gasteiger partial charge in [-0.15, -0.1) is 0 Å². The molecule has 1 heterocycles. The zero-order chi connectivity index (χ0) is 18.6. The largest absolute Gasteiger partial charge is 0.481 e. The average molecular weight is 387 g/mol. The molecular weight excluding hydrogens is 367 g/mol. The number of hydrogen-bond donors (Lipinski definition) is 2. The van der Waals surface area contributed by atoms with Crippen molar-refractivity contribution in [3.05, 3.63) is 33.8 Å². The third-order valence-corrected chi connectivity index (χ3v) is 4.69. The molecule has 0 aromatic heterocycles. The SMILES string of the molecule is CC(CNC(=O)C1CCCN1C(=O)c1cc(Cl)ccc1Cl)CC(=O)O. The van der Waals surface area contributed by atoms with Gasteiger partial charge in [0.1, 0.15) is 6.04 Å². The van der Waals surface area contributed by atoms with Gasteiger partial charge >= 0.3 is 5.97 Å². The van der Waals surface area contributed by atoms with Crippen LogP contribution >= 0.6 is 23.2 Å². The van der Waals surface area contributed by atoms with Crippen molar-refractivity contribution >= 4 is 41.0 Å². The van der Waals surface area contributed by atoms with Crippen LogP contribution in [0.15, 0.2) is 18.2 Å². The van der Waals surface area contributed by atoms with E-state index in [1.54, 1.807) is 19.1 Å². The number of likely N-dealkylation sites (tertiary alicyclic amines) is 1. The highest BCUT2D eigenvalue weighted by molar-refractivity contribution is 6.35. The number of carboxylic acid groups (broad SMARTS) is 1. The Labute approximate surface area is 156 Å². The normalized spacial score (nSPS) is 18.0. The number of carbonyl (C=O) groups is 3. The molecule has 2 N–H and O–H groups in total. The Bertz CT molecular complexity index is 681. The van der Waals surface area contributed by atoms with E-state index in [1.807, 2.05) is 0 Å². The van der Waals surface area contributed by atoms with Gasteiger partial charge in [0, 0.05) is 24.5 Å². The van der Waals surface area contributed by atoms with E-state index in [1.165, 1.54) is 11.0 Å². The van der Waals surface area contributed by atoms with Crippen LogP contribution in [0.25, 0.3) is 0 Å². The van der Waals surface area contributed by atoms with Crippen LogP contribution in [0.5, 0.6) is 0 Å². The molecule has 2 unspecified atom stereocenters. The molecule has 136 valence electrons. The van der Waals surface area contributed by atoms with E-state index in [0.717, 1.165) is 0 Å². The number of aliphatic carboxylic acids is 1. The second-order valence-electron chi connectivity index (χ2n) is 6.23. The molecule has 2 rings (SSSR count). The van der Waals surface area contributed by atoms with Crippen LogP contribution in [0.1, 0.15) is 36.5 Å². The van der Waals surface area contributed by atoms with Crippen molar-refractivity contribution in [2.24, 2.45) is 5.92 Å². The lowest BCUT2D eigenvalue weighted by atomic mass is 10.1. The molecule has 1 aliphatic heterocycles. The van der Waals surface area contributed by atoms with Crippen LogP contribution in [0, 0.1) is 5.92 Å². The van der Waals surface area contributed by atoms with Gasteiger partial charge in [0.15, 0.2) is 0 Å². The van der Waals surface area contributed by atoms with Crippen LogP contribution in [0.3, 0.4) is 0 Å². The maximum atomic E-state index is 12.7. The highest BCUT2D eigenvalue weighted by Gasteiger charge is 2.35. The zero-order valence-corrected chi connectivity index (χ0v) is 15.3. The van der Waals surface area contributed by atoms with Gasteiger partial charge < -0.3 is 15.3 Å². The number of nitrogens with zero attached hydrogens (tertiary/aromatic N) is 1. The van der Waals surface area contributed by atoms with Crippen molar-refractivity contribution in [1.29, 1.82) is 0 Å². The van der Waals surface area contributed by atoms with Gasteiger partial charge in [0.2, 0.25) is 5.91 Å². The minimum atomic E-state index is -0.907. The summed E-state index contributed by atoms with van der Waals surface area (Å²) in [6, 6.07) is 4.06. The molecule has 2 amide bonds. The van der Waals surface area contributed by atoms with E-state index in [-0.39, 0.29) is 41.3 Å². The fraction of sp³-hybridized carbons (Fsp3) is 0.471. The Hall–Kier alpha value is -1.79. The molecule has 2 atom stereocenters. The van der Waals surface area contributed by atoms with Gasteiger partial charge in [0.25, 0.3) is 5.91 Å². The standard InChI is InChI=1S/C17H20Cl2N2O4/c1-10(7-15(22)23)9-20-16(24)14-3-2-6-21(14)17(25)12-8-11(18)4-5-13(12)19/h4-5,8,10,14H,2-3,6-7,9H2,1H3,(H,20,24)(H,22,23). The van der Waals surface area contributed by atoms with E-state index in [0.29, 0.717) is 24.4 Å². The molecule has 1 fully saturated rings. The third-order valence-electron chi connectivity index (χ3n) is 4.12. The first-order valence-corrected chi connectivity index (χ1v) is 8.80. The summed E-state index contributed by atoms with van der Waals surface area (Å²) in [5.74, 6) is -1.70. The van der Waals surface area contributed by atoms with Crippen LogP contribution in [-0.4, -0.2) is 46.9 Å². The predicted molar refractivity (Wildman–Crippen MR) is 94.9 cm³/mol. The summed E-state index contributed by atoms with van der Waals surface area (Å²) in [6.45, 7) is 2.46. The summed E-state index contributed by atoms with van der Waals surface area (Å²) in [4.78, 5) is 37.3. The Kier molecular flexibility index (Phi) is 6.67. The first-order chi connectivity index (χ1) is 11.8. The third kappa shape index (κ3) is 5.09. The Morgan fingerprint density at radius 3 is 2.76 bits per heavy atom. The van der Waals surface area contributed by atoms with E-state index < -0.39 is 12.0 Å². The number of carboxylic acids is 1. The number of hydrogen-bond acceptors (Lipinski definition) is 3. The Balaban J connectivity index is 2.04. The number of amides is 2. The molecule has 1 aromatic carbocycles. The summed E-state index contributed by atoms with van der Waals surface area (Å²) in [5, 5.41) is 12.2. The number of carbonyl (C=O) groups excluding carboxylic acids is 2. The number of halogens is 2. The molecule has 0 saturated carbocycles. The first-order valence-electron chi connectivity index (χ1n) is 8.05. The lowest BCUT2D eigenvalue weighted by molar-refractivity contribution is -0.138. The van der Waals surface area contributed by atoms with Crippen LogP contribution in [0.2, 0.25) is 10.0 Å². The Morgan fingerprint density at radius 2 is 2.08 bits per heavy atom. The number of benzene rings is 1. The summed E-state index contributed by atoms with van der Waals surface area (Å²) in [6.07, 6.45) is 1.25. The molecule has 1 aliphatic rings. The lowest BCUT2D eigenvalue weighted by Crippen LogP contribution is -2.47. The first kappa shape index (κ1) is 19.5. The maximum absolute atomic E-state index is 12.7.